The summed E-state index contributed by atoms with van der Waals surface area (Å²) in [6.45, 7) is 17.8. The van der Waals surface area contributed by atoms with Crippen molar-refractivity contribution in [3.8, 4) is 11.3 Å². The van der Waals surface area contributed by atoms with E-state index < -0.39 is 108 Å². The van der Waals surface area contributed by atoms with Gasteiger partial charge >= 0.3 is 12.1 Å². The van der Waals surface area contributed by atoms with Gasteiger partial charge < -0.3 is 109 Å². The maximum Gasteiger partial charge on any atom is 0.407 e. The second-order valence-corrected chi connectivity index (χ2v) is 37.3. The Balaban J connectivity index is 0.502. The van der Waals surface area contributed by atoms with Gasteiger partial charge in [0.05, 0.1) is 108 Å². The van der Waals surface area contributed by atoms with Crippen LogP contribution in [0, 0.1) is 35.5 Å². The largest absolute Gasteiger partial charge is 0.460 e. The average molecular weight is 1930 g/mol. The van der Waals surface area contributed by atoms with E-state index in [0.29, 0.717) is 200 Å². The highest BCUT2D eigenvalue weighted by Gasteiger charge is 2.54. The van der Waals surface area contributed by atoms with Crippen LogP contribution < -0.4 is 31.9 Å². The number of hydrogen-bond donors (Lipinski definition) is 7. The zero-order chi connectivity index (χ0) is 99.0. The first-order valence-electron chi connectivity index (χ1n) is 48.3. The van der Waals surface area contributed by atoms with E-state index in [-0.39, 0.29) is 112 Å². The lowest BCUT2D eigenvalue weighted by Gasteiger charge is -2.42. The number of fused-ring (bicyclic) bond motifs is 6. The van der Waals surface area contributed by atoms with Gasteiger partial charge in [0.2, 0.25) is 23.6 Å². The molecule has 0 spiro atoms. The summed E-state index contributed by atoms with van der Waals surface area (Å²) in [4.78, 5) is 150. The van der Waals surface area contributed by atoms with Gasteiger partial charge in [0.1, 0.15) is 59.6 Å². The lowest BCUT2D eigenvalue weighted by atomic mass is 9.78. The van der Waals surface area contributed by atoms with Crippen molar-refractivity contribution >= 4 is 93.0 Å². The van der Waals surface area contributed by atoms with E-state index in [0.717, 1.165) is 22.3 Å². The second-order valence-electron chi connectivity index (χ2n) is 37.3. The second kappa shape index (κ2) is 50.1. The maximum atomic E-state index is 14.9. The van der Waals surface area contributed by atoms with Gasteiger partial charge in [-0.05, 0) is 148 Å². The zero-order valence-electron chi connectivity index (χ0n) is 81.2. The summed E-state index contributed by atoms with van der Waals surface area (Å²) in [5.41, 5.74) is 20.7. The third kappa shape index (κ3) is 27.4. The Morgan fingerprint density at radius 3 is 2.19 bits per heavy atom. The van der Waals surface area contributed by atoms with Crippen molar-refractivity contribution in [1.29, 1.82) is 0 Å². The number of carbonyl (C=O) groups is 8. The van der Waals surface area contributed by atoms with Crippen LogP contribution in [0.15, 0.2) is 120 Å². The number of Topliss-reactive ketones (excluding diaryl/α,β-unsaturated/α-hetero) is 3. The van der Waals surface area contributed by atoms with E-state index in [1.54, 1.807) is 59.3 Å². The van der Waals surface area contributed by atoms with Crippen molar-refractivity contribution in [1.82, 2.24) is 65.1 Å². The fourth-order valence-corrected chi connectivity index (χ4v) is 19.2. The minimum absolute atomic E-state index is 0.0221. The molecule has 10 heterocycles. The topological polar surface area (TPSA) is 500 Å². The molecule has 1 aliphatic carbocycles. The molecule has 16 atom stereocenters. The minimum Gasteiger partial charge on any atom is -0.460 e. The number of nitrogens with zero attached hydrogens (tertiary/aromatic N) is 13. The number of ether oxygens (including phenoxy) is 10. The normalized spacial score (nSPS) is 26.8. The number of ketones is 3. The molecule has 5 aromatic heterocycles. The summed E-state index contributed by atoms with van der Waals surface area (Å²) >= 11 is 0. The number of nitrogens with one attached hydrogen (secondary N) is 2. The summed E-state index contributed by atoms with van der Waals surface area (Å²) in [5.74, 6) is -8.20. The van der Waals surface area contributed by atoms with Crippen molar-refractivity contribution in [2.75, 3.05) is 141 Å². The van der Waals surface area contributed by atoms with E-state index in [1.807, 2.05) is 88.7 Å². The number of amides is 4. The van der Waals surface area contributed by atoms with E-state index in [1.165, 1.54) is 43.4 Å². The van der Waals surface area contributed by atoms with Crippen LogP contribution >= 0.6 is 0 Å². The Morgan fingerprint density at radius 1 is 0.719 bits per heavy atom. The quantitative estimate of drug-likeness (QED) is 0.00929. The van der Waals surface area contributed by atoms with Gasteiger partial charge in [-0.3, -0.25) is 28.8 Å². The number of cyclic esters (lactones) is 1. The fourth-order valence-electron chi connectivity index (χ4n) is 19.2. The maximum absolute atomic E-state index is 14.9. The van der Waals surface area contributed by atoms with Crippen molar-refractivity contribution < 1.29 is 105 Å². The number of esters is 1. The molecule has 4 amide bonds. The molecule has 752 valence electrons. The van der Waals surface area contributed by atoms with Gasteiger partial charge in [-0.25, -0.2) is 44.2 Å². The van der Waals surface area contributed by atoms with Gasteiger partial charge in [0.25, 0.3) is 23.6 Å². The number of rotatable bonds is 31. The zero-order valence-corrected chi connectivity index (χ0v) is 81.2. The lowest BCUT2D eigenvalue weighted by molar-refractivity contribution is -0.265. The molecule has 5 aliphatic heterocycles. The Labute approximate surface area is 809 Å². The number of nitrogens with two attached hydrogens (primary N) is 2. The van der Waals surface area contributed by atoms with Crippen LogP contribution in [0.1, 0.15) is 165 Å². The van der Waals surface area contributed by atoms with Crippen LogP contribution in [-0.4, -0.2) is 298 Å². The number of aliphatic hydroxyl groups is 3. The first kappa shape index (κ1) is 105. The third-order valence-electron chi connectivity index (χ3n) is 27.3. The molecule has 6 aliphatic rings. The van der Waals surface area contributed by atoms with Gasteiger partial charge in [-0.15, -0.1) is 0 Å². The third-order valence-corrected chi connectivity index (χ3v) is 27.3. The number of carbonyl (C=O) groups excluding carboxylic acids is 8. The standard InChI is InChI=1S/C100H135N17O22/c1-60-16-12-11-13-17-61(2)81(129-8)48-75-24-19-66(7)100(128,139-75)90(123)94(125)116-30-15-14-18-77(116)95(126)136-82(49-78(119)62(3)43-65(6)88(122)89(131-10)87(121)64(5)42-60)63(4)44-67-21-25-80(83(46-67)130-9)138-99(127)108-52-69-50-104-98(105-51-69)115-33-32-114(57-74(115)58-118)97-106-53-73(54-107-97)93(124)103-29-35-133-37-39-135-41-40-134-38-36-132-34-28-84(120)113-31-27-70-45-68(20-22-72(70)56-113)55-117-92-85(91(101)109-59-110-92)86(112-117)71-23-26-79-76(47-71)111-96(102)137-79/h11-13,16-17,20,22-23,26,43,45,47,50-51,53-54,59-60,62-64,66-67,74-75,77,80-83,88-89,118,122,128H,14-15,18-19,21,24-25,27-42,44,46,48-49,52,55-58H2,1-10H3,(H2,102,111)(H,103,124)(H,108,127)(H2,101,109,110)/b13-11+,16-12+,61-17+,65-43+/t60-,62-,63-,64-,66-,67+,74?,75+,77+,80-,81+,82+,83-,88-,89+,100-/m1/s1. The smallest absolute Gasteiger partial charge is 0.407 e. The van der Waals surface area contributed by atoms with Crippen LogP contribution in [0.2, 0.25) is 0 Å². The number of aliphatic hydroxyl groups excluding tert-OH is 2. The first-order valence-corrected chi connectivity index (χ1v) is 48.3. The SMILES string of the molecule is CO[C@H]1C[C@@H]2CC[C@@H](C)[C@@](O)(O2)C(=O)C(=O)N2CCCC[C@H]2C(=O)O[C@H]([C@H](C)C[C@@H]2CC[C@@H](OC(=O)NCc3cnc(N4CCN(c5ncc(C(=O)NCCOCCOCCOCCOCCC(=O)N6CCc7cc(Cn8nc(-c9ccc%10oc(N)nc%10c9)c9c(N)ncnc98)ccc7C6)cn5)CC4CO)nc3)[C@H](OC)C2)CC(=O)[C@H](C)/C=C(\C)[C@@H](O)[C@@H](OC)C(=O)[C@H](C)C[C@H](C)/C=C/C=C/C=C/1C. The number of oxazole rings is 1. The molecule has 2 bridgehead atoms. The van der Waals surface area contributed by atoms with Crippen LogP contribution in [-0.2, 0) is 102 Å². The predicted octanol–water partition coefficient (Wildman–Crippen LogP) is 8.31. The Morgan fingerprint density at radius 2 is 1.46 bits per heavy atom. The van der Waals surface area contributed by atoms with E-state index in [4.69, 9.17) is 68.4 Å². The van der Waals surface area contributed by atoms with Crippen molar-refractivity contribution in [2.24, 2.45) is 35.5 Å². The molecule has 139 heavy (non-hydrogen) atoms. The van der Waals surface area contributed by atoms with Crippen LogP contribution in [0.5, 0.6) is 0 Å². The molecule has 1 unspecified atom stereocenters. The number of hydrogen-bond acceptors (Lipinski definition) is 34. The highest BCUT2D eigenvalue weighted by Crippen LogP contribution is 2.40. The van der Waals surface area contributed by atoms with Crippen molar-refractivity contribution in [3.05, 3.63) is 143 Å². The first-order chi connectivity index (χ1) is 67.0. The van der Waals surface area contributed by atoms with E-state index >= 15 is 0 Å². The number of anilines is 4. The minimum atomic E-state index is -2.50. The number of aromatic nitrogens is 9. The number of methoxy groups -OCH3 is 3. The molecule has 39 heteroatoms. The molecular formula is C100H135N17O22. The van der Waals surface area contributed by atoms with Gasteiger partial charge in [-0.1, -0.05) is 89.3 Å². The highest BCUT2D eigenvalue weighted by molar-refractivity contribution is 6.39. The number of piperidine rings is 1. The number of benzene rings is 2. The van der Waals surface area contributed by atoms with Crippen molar-refractivity contribution in [3.63, 3.8) is 0 Å². The van der Waals surface area contributed by atoms with E-state index in [2.05, 4.69) is 57.7 Å². The van der Waals surface area contributed by atoms with Crippen LogP contribution in [0.3, 0.4) is 0 Å². The van der Waals surface area contributed by atoms with Gasteiger partial charge in [0.15, 0.2) is 17.0 Å². The number of allylic oxidation sites excluding steroid dienone is 6. The molecule has 0 radical (unpaired) electrons. The molecule has 13 rings (SSSR count). The molecule has 4 fully saturated rings. The average Bonchev–Trinajstić information content (AvgIpc) is 1.66. The predicted molar refractivity (Wildman–Crippen MR) is 513 cm³/mol. The highest BCUT2D eigenvalue weighted by atomic mass is 16.6. The number of piperazine rings is 1. The summed E-state index contributed by atoms with van der Waals surface area (Å²) in [7, 11) is 4.46. The summed E-state index contributed by atoms with van der Waals surface area (Å²) in [6.07, 6.45) is 17.2. The molecule has 7 aromatic rings. The Kier molecular flexibility index (Phi) is 37.8. The number of nitrogen functional groups attached to an aromatic ring is 2. The summed E-state index contributed by atoms with van der Waals surface area (Å²) in [6, 6.07) is 10.2. The summed E-state index contributed by atoms with van der Waals surface area (Å²) in [5, 5.41) is 45.7. The Hall–Kier alpha value is -11.5. The molecule has 2 aromatic carbocycles. The van der Waals surface area contributed by atoms with Gasteiger partial charge in [0, 0.05) is 140 Å². The van der Waals surface area contributed by atoms with Gasteiger partial charge in [-0.2, -0.15) is 10.1 Å². The number of alkyl carbamates (subject to hydrolysis) is 1. The fraction of sp³-hybridized carbons (Fsp3) is 0.580. The van der Waals surface area contributed by atoms with Crippen LogP contribution in [0.25, 0.3) is 33.4 Å². The van der Waals surface area contributed by atoms with Crippen molar-refractivity contribution in [2.45, 2.75) is 219 Å². The monoisotopic (exact) mass is 1930 g/mol. The molecule has 3 saturated heterocycles. The lowest BCUT2D eigenvalue weighted by Crippen LogP contribution is -2.61. The molecule has 39 nitrogen and oxygen atoms in total. The molecule has 1 saturated carbocycles. The molecule has 9 N–H and O–H groups in total. The van der Waals surface area contributed by atoms with Crippen LogP contribution in [0.4, 0.5) is 28.5 Å². The Bertz CT molecular complexity index is 5480. The summed E-state index contributed by atoms with van der Waals surface area (Å²) < 4.78 is 66.2. The van der Waals surface area contributed by atoms with E-state index in [9.17, 15) is 53.7 Å². The molecular weight excluding hydrogens is 1790 g/mol.